The Balaban J connectivity index is 1.95. The first-order valence-corrected chi connectivity index (χ1v) is 7.81. The van der Waals surface area contributed by atoms with Gasteiger partial charge in [-0.25, -0.2) is 4.39 Å². The number of aliphatic carboxylic acids is 1. The molecule has 1 saturated heterocycles. The predicted octanol–water partition coefficient (Wildman–Crippen LogP) is 1.93. The Bertz CT molecular complexity index is 598. The van der Waals surface area contributed by atoms with Crippen LogP contribution in [0.5, 0.6) is 5.75 Å². The molecule has 0 bridgehead atoms. The van der Waals surface area contributed by atoms with Gasteiger partial charge in [0.25, 0.3) is 5.91 Å². The molecule has 132 valence electrons. The lowest BCUT2D eigenvalue weighted by atomic mass is 9.79. The summed E-state index contributed by atoms with van der Waals surface area (Å²) in [4.78, 5) is 25.5. The molecule has 1 atom stereocenters. The molecule has 0 aromatic heterocycles. The van der Waals surface area contributed by atoms with Gasteiger partial charge in [-0.15, -0.1) is 0 Å². The number of carbonyl (C=O) groups excluding carboxylic acids is 1. The molecule has 6 nitrogen and oxygen atoms in total. The molecule has 1 heterocycles. The minimum atomic E-state index is -0.946. The van der Waals surface area contributed by atoms with E-state index >= 15 is 0 Å². The lowest BCUT2D eigenvalue weighted by Gasteiger charge is -2.39. The van der Waals surface area contributed by atoms with Crippen LogP contribution in [0.3, 0.4) is 0 Å². The molecule has 1 aliphatic rings. The molecule has 1 aromatic rings. The van der Waals surface area contributed by atoms with Crippen molar-refractivity contribution in [3.63, 3.8) is 0 Å². The molecule has 7 heteroatoms. The van der Waals surface area contributed by atoms with Gasteiger partial charge < -0.3 is 19.5 Å². The number of carboxylic acid groups (broad SMARTS) is 1. The third kappa shape index (κ3) is 4.03. The first kappa shape index (κ1) is 18.2. The third-order valence-corrected chi connectivity index (χ3v) is 4.36. The van der Waals surface area contributed by atoms with Gasteiger partial charge in [-0.05, 0) is 31.9 Å². The summed E-state index contributed by atoms with van der Waals surface area (Å²) in [5.74, 6) is -1.29. The van der Waals surface area contributed by atoms with Crippen molar-refractivity contribution in [2.45, 2.75) is 25.9 Å². The van der Waals surface area contributed by atoms with Gasteiger partial charge in [0.15, 0.2) is 6.10 Å². The van der Waals surface area contributed by atoms with E-state index in [2.05, 4.69) is 0 Å². The number of likely N-dealkylation sites (tertiary alicyclic amines) is 1. The van der Waals surface area contributed by atoms with E-state index in [1.165, 1.54) is 25.3 Å². The van der Waals surface area contributed by atoms with Gasteiger partial charge in [-0.3, -0.25) is 9.59 Å². The minimum Gasteiger partial charge on any atom is -0.481 e. The quantitative estimate of drug-likeness (QED) is 0.857. The normalized spacial score (nSPS) is 18.0. The second-order valence-corrected chi connectivity index (χ2v) is 6.06. The molecule has 1 aliphatic heterocycles. The summed E-state index contributed by atoms with van der Waals surface area (Å²) >= 11 is 0. The van der Waals surface area contributed by atoms with E-state index in [0.717, 1.165) is 0 Å². The molecule has 1 unspecified atom stereocenters. The maximum Gasteiger partial charge on any atom is 0.312 e. The van der Waals surface area contributed by atoms with Crippen LogP contribution >= 0.6 is 0 Å². The highest BCUT2D eigenvalue weighted by atomic mass is 19.1. The van der Waals surface area contributed by atoms with Gasteiger partial charge in [0, 0.05) is 26.3 Å². The van der Waals surface area contributed by atoms with Crippen LogP contribution in [0, 0.1) is 11.2 Å². The van der Waals surface area contributed by atoms with Crippen LogP contribution in [0.25, 0.3) is 0 Å². The fourth-order valence-electron chi connectivity index (χ4n) is 2.90. The fourth-order valence-corrected chi connectivity index (χ4v) is 2.90. The van der Waals surface area contributed by atoms with Gasteiger partial charge in [0.05, 0.1) is 12.0 Å². The van der Waals surface area contributed by atoms with Crippen LogP contribution in [0.15, 0.2) is 24.3 Å². The Morgan fingerprint density at radius 2 is 2.04 bits per heavy atom. The number of hydrogen-bond acceptors (Lipinski definition) is 4. The van der Waals surface area contributed by atoms with Crippen LogP contribution in [-0.4, -0.2) is 54.8 Å². The number of carbonyl (C=O) groups is 2. The lowest BCUT2D eigenvalue weighted by Crippen LogP contribution is -2.51. The number of methoxy groups -OCH3 is 1. The van der Waals surface area contributed by atoms with Crippen molar-refractivity contribution in [1.29, 1.82) is 0 Å². The molecule has 1 fully saturated rings. The largest absolute Gasteiger partial charge is 0.481 e. The third-order valence-electron chi connectivity index (χ3n) is 4.36. The topological polar surface area (TPSA) is 76.1 Å². The first-order chi connectivity index (χ1) is 11.4. The van der Waals surface area contributed by atoms with Crippen molar-refractivity contribution >= 4 is 11.9 Å². The van der Waals surface area contributed by atoms with Crippen LogP contribution in [0.2, 0.25) is 0 Å². The van der Waals surface area contributed by atoms with E-state index in [1.807, 2.05) is 0 Å². The molecule has 0 radical (unpaired) electrons. The van der Waals surface area contributed by atoms with Crippen molar-refractivity contribution in [2.24, 2.45) is 5.41 Å². The van der Waals surface area contributed by atoms with Crippen molar-refractivity contribution < 1.29 is 28.6 Å². The molecule has 2 rings (SSSR count). The predicted molar refractivity (Wildman–Crippen MR) is 84.2 cm³/mol. The molecule has 0 spiro atoms. The van der Waals surface area contributed by atoms with Crippen molar-refractivity contribution in [3.05, 3.63) is 30.1 Å². The Kier molecular flexibility index (Phi) is 5.77. The van der Waals surface area contributed by atoms with E-state index < -0.39 is 23.3 Å². The number of rotatable bonds is 6. The molecular formula is C17H22FNO5. The Morgan fingerprint density at radius 1 is 1.38 bits per heavy atom. The number of benzene rings is 1. The van der Waals surface area contributed by atoms with Crippen LogP contribution in [0.1, 0.15) is 19.8 Å². The smallest absolute Gasteiger partial charge is 0.312 e. The number of amides is 1. The molecule has 1 aromatic carbocycles. The van der Waals surface area contributed by atoms with E-state index in [-0.39, 0.29) is 18.3 Å². The SMILES string of the molecule is COCC1(C(=O)O)CCN(C(=O)C(C)Oc2cccc(F)c2)CC1. The highest BCUT2D eigenvalue weighted by Crippen LogP contribution is 2.32. The summed E-state index contributed by atoms with van der Waals surface area (Å²) < 4.78 is 23.7. The summed E-state index contributed by atoms with van der Waals surface area (Å²) in [6, 6.07) is 5.60. The molecule has 1 amide bonds. The number of nitrogens with zero attached hydrogens (tertiary/aromatic N) is 1. The average molecular weight is 339 g/mol. The van der Waals surface area contributed by atoms with E-state index in [1.54, 1.807) is 17.9 Å². The Hall–Kier alpha value is -2.15. The van der Waals surface area contributed by atoms with Gasteiger partial charge in [0.2, 0.25) is 0 Å². The van der Waals surface area contributed by atoms with E-state index in [9.17, 15) is 19.1 Å². The summed E-state index contributed by atoms with van der Waals surface area (Å²) in [6.45, 7) is 2.37. The summed E-state index contributed by atoms with van der Waals surface area (Å²) in [5.41, 5.74) is -0.946. The minimum absolute atomic E-state index is 0.125. The number of carboxylic acids is 1. The zero-order valence-corrected chi connectivity index (χ0v) is 13.8. The Morgan fingerprint density at radius 3 is 2.58 bits per heavy atom. The lowest BCUT2D eigenvalue weighted by molar-refractivity contribution is -0.159. The molecule has 0 aliphatic carbocycles. The molecule has 1 N–H and O–H groups in total. The zero-order chi connectivity index (χ0) is 17.7. The summed E-state index contributed by atoms with van der Waals surface area (Å²) in [6.07, 6.45) is -0.116. The zero-order valence-electron chi connectivity index (χ0n) is 13.8. The van der Waals surface area contributed by atoms with Gasteiger partial charge in [-0.1, -0.05) is 6.07 Å². The van der Waals surface area contributed by atoms with E-state index in [0.29, 0.717) is 25.9 Å². The monoisotopic (exact) mass is 339 g/mol. The second-order valence-electron chi connectivity index (χ2n) is 6.06. The van der Waals surface area contributed by atoms with Crippen LogP contribution in [0.4, 0.5) is 4.39 Å². The van der Waals surface area contributed by atoms with Gasteiger partial charge in [0.1, 0.15) is 11.6 Å². The van der Waals surface area contributed by atoms with Crippen LogP contribution in [-0.2, 0) is 14.3 Å². The molecule has 24 heavy (non-hydrogen) atoms. The van der Waals surface area contributed by atoms with E-state index in [4.69, 9.17) is 9.47 Å². The fraction of sp³-hybridized carbons (Fsp3) is 0.529. The highest BCUT2D eigenvalue weighted by Gasteiger charge is 2.43. The molecule has 0 saturated carbocycles. The summed E-state index contributed by atoms with van der Waals surface area (Å²) in [5, 5.41) is 9.43. The molecular weight excluding hydrogens is 317 g/mol. The number of halogens is 1. The van der Waals surface area contributed by atoms with Gasteiger partial charge in [-0.2, -0.15) is 0 Å². The number of ether oxygens (including phenoxy) is 2. The average Bonchev–Trinajstić information content (AvgIpc) is 2.55. The number of hydrogen-bond donors (Lipinski definition) is 1. The maximum atomic E-state index is 13.2. The standard InChI is InChI=1S/C17H22FNO5/c1-12(24-14-5-3-4-13(18)10-14)15(20)19-8-6-17(7-9-19,11-23-2)16(21)22/h3-5,10,12H,6-9,11H2,1-2H3,(H,21,22). The Labute approximate surface area is 140 Å². The van der Waals surface area contributed by atoms with Crippen molar-refractivity contribution in [2.75, 3.05) is 26.8 Å². The van der Waals surface area contributed by atoms with Crippen molar-refractivity contribution in [3.8, 4) is 5.75 Å². The highest BCUT2D eigenvalue weighted by molar-refractivity contribution is 5.82. The van der Waals surface area contributed by atoms with Gasteiger partial charge >= 0.3 is 5.97 Å². The number of piperidine rings is 1. The maximum absolute atomic E-state index is 13.2. The first-order valence-electron chi connectivity index (χ1n) is 7.81. The van der Waals surface area contributed by atoms with Crippen molar-refractivity contribution in [1.82, 2.24) is 4.90 Å². The second kappa shape index (κ2) is 7.61. The summed E-state index contributed by atoms with van der Waals surface area (Å²) in [7, 11) is 1.47. The van der Waals surface area contributed by atoms with Crippen LogP contribution < -0.4 is 4.74 Å².